The van der Waals surface area contributed by atoms with E-state index in [0.717, 1.165) is 0 Å². The largest absolute Gasteiger partial charge is 0.369 e. The molecule has 0 bridgehead atoms. The highest BCUT2D eigenvalue weighted by atomic mass is 35.5. The molecule has 0 fully saturated rings. The second kappa shape index (κ2) is 9.94. The minimum Gasteiger partial charge on any atom is -0.369 e. The van der Waals surface area contributed by atoms with Crippen LogP contribution in [0.3, 0.4) is 0 Å². The Labute approximate surface area is 204 Å². The molecule has 0 unspecified atom stereocenters. The molecule has 0 saturated carbocycles. The van der Waals surface area contributed by atoms with E-state index in [1.807, 2.05) is 0 Å². The van der Waals surface area contributed by atoms with Crippen LogP contribution in [0.15, 0.2) is 72.8 Å². The second-order valence-corrected chi connectivity index (χ2v) is 8.12. The number of hydrogen-bond acceptors (Lipinski definition) is 3. The number of urea groups is 1. The van der Waals surface area contributed by atoms with Crippen LogP contribution >= 0.6 is 23.2 Å². The molecule has 34 heavy (non-hydrogen) atoms. The van der Waals surface area contributed by atoms with E-state index in [2.05, 4.69) is 15.7 Å². The van der Waals surface area contributed by atoms with Crippen LogP contribution in [-0.4, -0.2) is 21.7 Å². The van der Waals surface area contributed by atoms with Crippen molar-refractivity contribution in [2.75, 3.05) is 10.6 Å². The van der Waals surface area contributed by atoms with Gasteiger partial charge in [0, 0.05) is 11.6 Å². The first-order valence-corrected chi connectivity index (χ1v) is 10.8. The van der Waals surface area contributed by atoms with Crippen molar-refractivity contribution < 1.29 is 14.0 Å². The molecular weight excluding hydrogens is 480 g/mol. The van der Waals surface area contributed by atoms with E-state index in [9.17, 15) is 14.0 Å². The zero-order valence-corrected chi connectivity index (χ0v) is 19.1. The molecule has 1 heterocycles. The fraction of sp³-hybridized carbons (Fsp3) is 0.0417. The molecule has 4 N–H and O–H groups in total. The van der Waals surface area contributed by atoms with Gasteiger partial charge in [-0.2, -0.15) is 5.10 Å². The normalized spacial score (nSPS) is 10.7. The fourth-order valence-corrected chi connectivity index (χ4v) is 3.67. The molecule has 0 aliphatic heterocycles. The van der Waals surface area contributed by atoms with Gasteiger partial charge >= 0.3 is 6.03 Å². The zero-order chi connectivity index (χ0) is 24.2. The molecule has 0 aliphatic rings. The van der Waals surface area contributed by atoms with Gasteiger partial charge in [0.05, 0.1) is 33.5 Å². The highest BCUT2D eigenvalue weighted by Gasteiger charge is 2.16. The van der Waals surface area contributed by atoms with Gasteiger partial charge in [0.15, 0.2) is 0 Å². The van der Waals surface area contributed by atoms with Gasteiger partial charge < -0.3 is 11.1 Å². The van der Waals surface area contributed by atoms with E-state index in [4.69, 9.17) is 28.9 Å². The molecule has 4 aromatic rings. The maximum Gasteiger partial charge on any atom is 0.324 e. The van der Waals surface area contributed by atoms with Crippen molar-refractivity contribution in [1.29, 1.82) is 0 Å². The third-order valence-corrected chi connectivity index (χ3v) is 5.62. The average molecular weight is 498 g/mol. The summed E-state index contributed by atoms with van der Waals surface area (Å²) < 4.78 is 15.3. The van der Waals surface area contributed by atoms with Crippen molar-refractivity contribution >= 4 is 46.6 Å². The Bertz CT molecular complexity index is 1390. The average Bonchev–Trinajstić information content (AvgIpc) is 3.20. The SMILES string of the molecule is NC(=O)Cc1cccc(-n2nc(-c3cccc(F)c3)cc2NC(=O)Nc2cccc(Cl)c2Cl)c1. The van der Waals surface area contributed by atoms with Crippen molar-refractivity contribution in [2.24, 2.45) is 5.73 Å². The predicted octanol–water partition coefficient (Wildman–Crippen LogP) is 5.66. The van der Waals surface area contributed by atoms with Crippen LogP contribution in [-0.2, 0) is 11.2 Å². The fourth-order valence-electron chi connectivity index (χ4n) is 3.33. The molecule has 4 rings (SSSR count). The number of carbonyl (C=O) groups is 2. The molecule has 10 heteroatoms. The first-order valence-electron chi connectivity index (χ1n) is 10.1. The Hall–Kier alpha value is -3.88. The Kier molecular flexibility index (Phi) is 6.81. The van der Waals surface area contributed by atoms with E-state index in [-0.39, 0.29) is 11.4 Å². The molecule has 1 aromatic heterocycles. The highest BCUT2D eigenvalue weighted by Crippen LogP contribution is 2.30. The Morgan fingerprint density at radius 2 is 1.74 bits per heavy atom. The van der Waals surface area contributed by atoms with Gasteiger partial charge in [0.1, 0.15) is 11.6 Å². The first-order chi connectivity index (χ1) is 16.3. The Balaban J connectivity index is 1.71. The number of benzene rings is 3. The summed E-state index contributed by atoms with van der Waals surface area (Å²) in [6, 6.07) is 18.8. The van der Waals surface area contributed by atoms with Gasteiger partial charge in [-0.15, -0.1) is 0 Å². The number of hydrogen-bond donors (Lipinski definition) is 3. The third kappa shape index (κ3) is 5.36. The molecule has 0 spiro atoms. The molecule has 172 valence electrons. The second-order valence-electron chi connectivity index (χ2n) is 7.33. The predicted molar refractivity (Wildman–Crippen MR) is 131 cm³/mol. The van der Waals surface area contributed by atoms with Crippen LogP contribution in [0.2, 0.25) is 10.0 Å². The molecule has 3 amide bonds. The van der Waals surface area contributed by atoms with Crippen LogP contribution in [0.1, 0.15) is 5.56 Å². The van der Waals surface area contributed by atoms with Gasteiger partial charge in [-0.3, -0.25) is 10.1 Å². The van der Waals surface area contributed by atoms with Gasteiger partial charge in [-0.1, -0.05) is 53.5 Å². The van der Waals surface area contributed by atoms with Crippen LogP contribution < -0.4 is 16.4 Å². The molecule has 7 nitrogen and oxygen atoms in total. The summed E-state index contributed by atoms with van der Waals surface area (Å²) in [5.74, 6) is -0.598. The number of nitrogens with two attached hydrogens (primary N) is 1. The van der Waals surface area contributed by atoms with Crippen LogP contribution in [0, 0.1) is 5.82 Å². The van der Waals surface area contributed by atoms with Gasteiger partial charge in [0.25, 0.3) is 0 Å². The summed E-state index contributed by atoms with van der Waals surface area (Å²) in [7, 11) is 0. The standard InChI is InChI=1S/C24H18Cl2FN5O2/c25-18-8-3-9-19(23(18)26)29-24(34)30-22-13-20(15-5-2-6-16(27)12-15)31-32(22)17-7-1-4-14(10-17)11-21(28)33/h1-10,12-13H,11H2,(H2,28,33)(H2,29,30,34). The van der Waals surface area contributed by atoms with Crippen LogP contribution in [0.5, 0.6) is 0 Å². The van der Waals surface area contributed by atoms with E-state index in [0.29, 0.717) is 39.0 Å². The molecule has 3 aromatic carbocycles. The summed E-state index contributed by atoms with van der Waals surface area (Å²) in [5.41, 5.74) is 7.83. The smallest absolute Gasteiger partial charge is 0.324 e. The Morgan fingerprint density at radius 1 is 0.971 bits per heavy atom. The van der Waals surface area contributed by atoms with E-state index in [1.165, 1.54) is 16.8 Å². The lowest BCUT2D eigenvalue weighted by Crippen LogP contribution is -2.21. The lowest BCUT2D eigenvalue weighted by molar-refractivity contribution is -0.117. The van der Waals surface area contributed by atoms with E-state index in [1.54, 1.807) is 60.7 Å². The maximum atomic E-state index is 13.8. The lowest BCUT2D eigenvalue weighted by atomic mass is 10.1. The topological polar surface area (TPSA) is 102 Å². The number of primary amides is 1. The van der Waals surface area contributed by atoms with Gasteiger partial charge in [0.2, 0.25) is 5.91 Å². The van der Waals surface area contributed by atoms with E-state index < -0.39 is 17.8 Å². The number of amides is 3. The number of nitrogens with one attached hydrogen (secondary N) is 2. The lowest BCUT2D eigenvalue weighted by Gasteiger charge is -2.12. The van der Waals surface area contributed by atoms with Crippen molar-refractivity contribution in [2.45, 2.75) is 6.42 Å². The Morgan fingerprint density at radius 3 is 2.50 bits per heavy atom. The minimum absolute atomic E-state index is 0.0440. The van der Waals surface area contributed by atoms with Gasteiger partial charge in [-0.25, -0.2) is 13.9 Å². The monoisotopic (exact) mass is 497 g/mol. The molecule has 0 saturated heterocycles. The number of rotatable bonds is 6. The molecular formula is C24H18Cl2FN5O2. The summed E-state index contributed by atoms with van der Waals surface area (Å²) in [4.78, 5) is 24.1. The van der Waals surface area contributed by atoms with E-state index >= 15 is 0 Å². The molecule has 0 radical (unpaired) electrons. The van der Waals surface area contributed by atoms with Crippen molar-refractivity contribution in [3.63, 3.8) is 0 Å². The van der Waals surface area contributed by atoms with Gasteiger partial charge in [-0.05, 0) is 42.0 Å². The molecule has 0 aliphatic carbocycles. The summed E-state index contributed by atoms with van der Waals surface area (Å²) >= 11 is 12.2. The summed E-state index contributed by atoms with van der Waals surface area (Å²) in [6.45, 7) is 0. The quantitative estimate of drug-likeness (QED) is 0.320. The van der Waals surface area contributed by atoms with Crippen LogP contribution in [0.4, 0.5) is 20.7 Å². The highest BCUT2D eigenvalue weighted by molar-refractivity contribution is 6.44. The number of halogens is 3. The number of aromatic nitrogens is 2. The van der Waals surface area contributed by atoms with Crippen molar-refractivity contribution in [1.82, 2.24) is 9.78 Å². The third-order valence-electron chi connectivity index (χ3n) is 4.80. The maximum absolute atomic E-state index is 13.8. The van der Waals surface area contributed by atoms with Crippen LogP contribution in [0.25, 0.3) is 16.9 Å². The number of nitrogens with zero attached hydrogens (tertiary/aromatic N) is 2. The first kappa shape index (κ1) is 23.3. The summed E-state index contributed by atoms with van der Waals surface area (Å²) in [5, 5.41) is 10.4. The molecule has 0 atom stereocenters. The number of carbonyl (C=O) groups excluding carboxylic acids is 2. The summed E-state index contributed by atoms with van der Waals surface area (Å²) in [6.07, 6.45) is 0.0440. The van der Waals surface area contributed by atoms with Crippen molar-refractivity contribution in [3.8, 4) is 16.9 Å². The number of anilines is 2. The minimum atomic E-state index is -0.593. The zero-order valence-electron chi connectivity index (χ0n) is 17.6. The van der Waals surface area contributed by atoms with Crippen molar-refractivity contribution in [3.05, 3.63) is 94.2 Å².